The molecule has 1 spiro atoms. The molecule has 0 aliphatic carbocycles. The molecule has 1 aromatic heterocycles. The maximum absolute atomic E-state index is 13.6. The Bertz CT molecular complexity index is 1250. The van der Waals surface area contributed by atoms with Gasteiger partial charge >= 0.3 is 12.3 Å². The topological polar surface area (TPSA) is 50.6 Å². The number of para-hydroxylation sites is 1. The van der Waals surface area contributed by atoms with E-state index < -0.39 is 17.3 Å². The number of piperidine rings is 1. The Hall–Kier alpha value is -3.33. The normalized spacial score (nSPS) is 18.1. The van der Waals surface area contributed by atoms with Crippen LogP contribution in [0.5, 0.6) is 0 Å². The van der Waals surface area contributed by atoms with E-state index >= 15 is 0 Å². The van der Waals surface area contributed by atoms with Gasteiger partial charge in [0.15, 0.2) is 0 Å². The zero-order chi connectivity index (χ0) is 26.2. The van der Waals surface area contributed by atoms with Crippen molar-refractivity contribution in [1.82, 2.24) is 14.7 Å². The molecule has 0 bridgehead atoms. The Morgan fingerprint density at radius 1 is 1.08 bits per heavy atom. The lowest BCUT2D eigenvalue weighted by molar-refractivity contribution is -0.137. The monoisotopic (exact) mass is 512 g/mol. The van der Waals surface area contributed by atoms with Gasteiger partial charge in [-0.3, -0.25) is 14.5 Å². The molecule has 3 heterocycles. The second-order valence-electron chi connectivity index (χ2n) is 10.5. The van der Waals surface area contributed by atoms with Crippen LogP contribution in [0, 0.1) is 5.92 Å². The third kappa shape index (κ3) is 5.51. The summed E-state index contributed by atoms with van der Waals surface area (Å²) < 4.78 is 48.4. The molecule has 6 nitrogen and oxygen atoms in total. The Morgan fingerprint density at radius 2 is 1.81 bits per heavy atom. The summed E-state index contributed by atoms with van der Waals surface area (Å²) in [5.74, 6) is 0.406. The Balaban J connectivity index is 1.32. The van der Waals surface area contributed by atoms with Crippen molar-refractivity contribution in [1.29, 1.82) is 0 Å². The maximum Gasteiger partial charge on any atom is 0.416 e. The van der Waals surface area contributed by atoms with Crippen LogP contribution in [0.2, 0.25) is 0 Å². The van der Waals surface area contributed by atoms with Crippen LogP contribution >= 0.6 is 0 Å². The first-order valence-corrected chi connectivity index (χ1v) is 12.6. The zero-order valence-corrected chi connectivity index (χ0v) is 21.0. The van der Waals surface area contributed by atoms with Crippen molar-refractivity contribution >= 4 is 11.8 Å². The van der Waals surface area contributed by atoms with E-state index in [2.05, 4.69) is 23.8 Å². The number of amides is 1. The van der Waals surface area contributed by atoms with Gasteiger partial charge < -0.3 is 4.74 Å². The molecule has 2 saturated heterocycles. The first-order chi connectivity index (χ1) is 17.6. The summed E-state index contributed by atoms with van der Waals surface area (Å²) in [4.78, 5) is 16.4. The SMILES string of the molecule is CC(C)Cn1cc(-c2ccc(C(F)(F)F)cc2CN2CCC3(CC2)CN(c2ccccc2)C(=O)O3)cn1. The number of aromatic nitrogens is 2. The predicted molar refractivity (Wildman–Crippen MR) is 135 cm³/mol. The van der Waals surface area contributed by atoms with Crippen LogP contribution in [0.3, 0.4) is 0 Å². The summed E-state index contributed by atoms with van der Waals surface area (Å²) in [6.45, 7) is 7.03. The summed E-state index contributed by atoms with van der Waals surface area (Å²) in [7, 11) is 0. The second kappa shape index (κ2) is 9.85. The van der Waals surface area contributed by atoms with Gasteiger partial charge in [-0.1, -0.05) is 38.1 Å². The number of alkyl halides is 3. The molecule has 0 saturated carbocycles. The number of hydrogen-bond acceptors (Lipinski definition) is 4. The molecule has 1 amide bonds. The lowest BCUT2D eigenvalue weighted by atomic mass is 9.90. The van der Waals surface area contributed by atoms with Gasteiger partial charge in [0, 0.05) is 56.5 Å². The van der Waals surface area contributed by atoms with Gasteiger partial charge in [-0.15, -0.1) is 0 Å². The molecule has 0 N–H and O–H groups in total. The van der Waals surface area contributed by atoms with E-state index in [4.69, 9.17) is 4.74 Å². The van der Waals surface area contributed by atoms with E-state index in [1.165, 1.54) is 6.07 Å². The van der Waals surface area contributed by atoms with Crippen LogP contribution in [-0.4, -0.2) is 46.0 Å². The highest BCUT2D eigenvalue weighted by atomic mass is 19.4. The van der Waals surface area contributed by atoms with Crippen molar-refractivity contribution in [2.24, 2.45) is 5.92 Å². The fourth-order valence-electron chi connectivity index (χ4n) is 5.21. The quantitative estimate of drug-likeness (QED) is 0.394. The van der Waals surface area contributed by atoms with Crippen LogP contribution in [0.4, 0.5) is 23.7 Å². The number of ether oxygens (including phenoxy) is 1. The predicted octanol–water partition coefficient (Wildman–Crippen LogP) is 6.22. The molecule has 3 aromatic rings. The van der Waals surface area contributed by atoms with Crippen molar-refractivity contribution in [3.05, 3.63) is 72.1 Å². The average molecular weight is 513 g/mol. The molecule has 2 fully saturated rings. The molecular formula is C28H31F3N4O2. The number of benzene rings is 2. The lowest BCUT2D eigenvalue weighted by Crippen LogP contribution is -2.46. The molecule has 9 heteroatoms. The molecule has 0 radical (unpaired) electrons. The fourth-order valence-corrected chi connectivity index (χ4v) is 5.21. The van der Waals surface area contributed by atoms with Crippen LogP contribution in [0.25, 0.3) is 11.1 Å². The standard InChI is InChI=1S/C28H31F3N4O2/c1-20(2)16-34-18-22(15-32-34)25-9-8-23(28(29,30)31)14-21(25)17-33-12-10-27(11-13-33)19-35(26(36)37-27)24-6-4-3-5-7-24/h3-9,14-15,18,20H,10-13,16-17,19H2,1-2H3. The average Bonchev–Trinajstić information content (AvgIpc) is 3.44. The minimum absolute atomic E-state index is 0.349. The maximum atomic E-state index is 13.6. The van der Waals surface area contributed by atoms with Gasteiger partial charge in [-0.2, -0.15) is 18.3 Å². The number of carbonyl (C=O) groups is 1. The fraction of sp³-hybridized carbons (Fsp3) is 0.429. The van der Waals surface area contributed by atoms with E-state index in [0.29, 0.717) is 50.5 Å². The number of rotatable bonds is 6. The van der Waals surface area contributed by atoms with E-state index in [0.717, 1.165) is 29.4 Å². The number of halogens is 3. The molecule has 0 unspecified atom stereocenters. The summed E-state index contributed by atoms with van der Waals surface area (Å²) in [6, 6.07) is 13.4. The molecule has 5 rings (SSSR count). The van der Waals surface area contributed by atoms with Crippen LogP contribution in [0.1, 0.15) is 37.8 Å². The number of nitrogens with zero attached hydrogens (tertiary/aromatic N) is 4. The zero-order valence-electron chi connectivity index (χ0n) is 21.0. The van der Waals surface area contributed by atoms with Crippen molar-refractivity contribution in [2.75, 3.05) is 24.5 Å². The van der Waals surface area contributed by atoms with Crippen molar-refractivity contribution in [3.8, 4) is 11.1 Å². The van der Waals surface area contributed by atoms with Gasteiger partial charge in [0.25, 0.3) is 0 Å². The largest absolute Gasteiger partial charge is 0.441 e. The molecule has 0 atom stereocenters. The first kappa shape index (κ1) is 25.3. The van der Waals surface area contributed by atoms with E-state index in [1.807, 2.05) is 41.2 Å². The van der Waals surface area contributed by atoms with E-state index in [9.17, 15) is 18.0 Å². The molecular weight excluding hydrogens is 481 g/mol. The number of hydrogen-bond donors (Lipinski definition) is 0. The minimum Gasteiger partial charge on any atom is -0.441 e. The molecule has 2 aliphatic rings. The van der Waals surface area contributed by atoms with Crippen molar-refractivity contribution < 1.29 is 22.7 Å². The van der Waals surface area contributed by atoms with Gasteiger partial charge in [-0.05, 0) is 41.3 Å². The van der Waals surface area contributed by atoms with Gasteiger partial charge in [0.1, 0.15) is 5.60 Å². The molecule has 196 valence electrons. The summed E-state index contributed by atoms with van der Waals surface area (Å²) in [6.07, 6.45) is 0.104. The summed E-state index contributed by atoms with van der Waals surface area (Å²) in [5.41, 5.74) is 1.75. The van der Waals surface area contributed by atoms with E-state index in [1.54, 1.807) is 17.2 Å². The van der Waals surface area contributed by atoms with Crippen molar-refractivity contribution in [3.63, 3.8) is 0 Å². The minimum atomic E-state index is -4.42. The van der Waals surface area contributed by atoms with Gasteiger partial charge in [-0.25, -0.2) is 4.79 Å². The highest BCUT2D eigenvalue weighted by Crippen LogP contribution is 2.38. The lowest BCUT2D eigenvalue weighted by Gasteiger charge is -2.37. The molecule has 2 aromatic carbocycles. The van der Waals surface area contributed by atoms with E-state index in [-0.39, 0.29) is 6.09 Å². The number of carbonyl (C=O) groups excluding carboxylic acids is 1. The summed E-state index contributed by atoms with van der Waals surface area (Å²) in [5, 5.41) is 4.41. The van der Waals surface area contributed by atoms with Gasteiger partial charge in [0.05, 0.1) is 18.3 Å². The van der Waals surface area contributed by atoms with Crippen LogP contribution < -0.4 is 4.90 Å². The Morgan fingerprint density at radius 3 is 2.49 bits per heavy atom. The Labute approximate surface area is 214 Å². The smallest absolute Gasteiger partial charge is 0.416 e. The van der Waals surface area contributed by atoms with Crippen LogP contribution in [0.15, 0.2) is 60.9 Å². The summed E-state index contributed by atoms with van der Waals surface area (Å²) >= 11 is 0. The van der Waals surface area contributed by atoms with Gasteiger partial charge in [0.2, 0.25) is 0 Å². The van der Waals surface area contributed by atoms with Crippen LogP contribution in [-0.2, 0) is 24.0 Å². The first-order valence-electron chi connectivity index (χ1n) is 12.6. The number of anilines is 1. The third-order valence-electron chi connectivity index (χ3n) is 7.13. The highest BCUT2D eigenvalue weighted by Gasteiger charge is 2.47. The second-order valence-corrected chi connectivity index (χ2v) is 10.5. The Kier molecular flexibility index (Phi) is 6.74. The molecule has 37 heavy (non-hydrogen) atoms. The number of likely N-dealkylation sites (tertiary alicyclic amines) is 1. The molecule has 2 aliphatic heterocycles. The highest BCUT2D eigenvalue weighted by molar-refractivity contribution is 5.90. The van der Waals surface area contributed by atoms with Crippen molar-refractivity contribution in [2.45, 2.75) is 51.6 Å². The third-order valence-corrected chi connectivity index (χ3v) is 7.13.